The Morgan fingerprint density at radius 1 is 1.14 bits per heavy atom. The second kappa shape index (κ2) is 9.21. The maximum absolute atomic E-state index is 13.2. The van der Waals surface area contributed by atoms with E-state index in [-0.39, 0.29) is 5.91 Å². The van der Waals surface area contributed by atoms with Crippen LogP contribution < -0.4 is 5.32 Å². The number of amides is 1. The quantitative estimate of drug-likeness (QED) is 0.517. The van der Waals surface area contributed by atoms with E-state index in [9.17, 15) is 4.79 Å². The van der Waals surface area contributed by atoms with E-state index in [4.69, 9.17) is 4.98 Å². The summed E-state index contributed by atoms with van der Waals surface area (Å²) in [5.74, 6) is 1.49. The molecule has 1 amide bonds. The molecule has 7 rings (SSSR count). The second-order valence-electron chi connectivity index (χ2n) is 11.3. The van der Waals surface area contributed by atoms with Gasteiger partial charge < -0.3 is 10.2 Å². The fraction of sp³-hybridized carbons (Fsp3) is 0.406. The number of carbonyl (C=O) groups excluding carboxylic acids is 1. The molecule has 2 aliphatic heterocycles. The summed E-state index contributed by atoms with van der Waals surface area (Å²) in [5.41, 5.74) is 11.6. The Morgan fingerprint density at radius 2 is 2.08 bits per heavy atom. The Labute approximate surface area is 219 Å². The molecule has 1 saturated carbocycles. The monoisotopic (exact) mass is 490 g/mol. The number of aromatic nitrogens is 2. The molecule has 1 aromatic carbocycles. The summed E-state index contributed by atoms with van der Waals surface area (Å²) in [5, 5.41) is 3.72. The van der Waals surface area contributed by atoms with E-state index < -0.39 is 0 Å². The zero-order chi connectivity index (χ0) is 24.9. The van der Waals surface area contributed by atoms with Gasteiger partial charge in [-0.05, 0) is 109 Å². The molecule has 0 spiro atoms. The number of benzene rings is 1. The number of hydrogen-bond donors (Lipinski definition) is 1. The van der Waals surface area contributed by atoms with Gasteiger partial charge in [0.25, 0.3) is 0 Å². The minimum absolute atomic E-state index is 0.184. The number of fused-ring (bicyclic) bond motifs is 4. The Balaban J connectivity index is 1.22. The van der Waals surface area contributed by atoms with Crippen molar-refractivity contribution >= 4 is 11.5 Å². The number of nitrogens with one attached hydrogen (secondary N) is 1. The van der Waals surface area contributed by atoms with E-state index in [1.807, 2.05) is 17.0 Å². The highest BCUT2D eigenvalue weighted by atomic mass is 16.2. The van der Waals surface area contributed by atoms with E-state index in [1.165, 1.54) is 63.9 Å². The predicted molar refractivity (Wildman–Crippen MR) is 146 cm³/mol. The van der Waals surface area contributed by atoms with Crippen molar-refractivity contribution < 1.29 is 4.79 Å². The van der Waals surface area contributed by atoms with Gasteiger partial charge in [-0.25, -0.2) is 0 Å². The van der Waals surface area contributed by atoms with Crippen LogP contribution in [0.3, 0.4) is 0 Å². The van der Waals surface area contributed by atoms with Gasteiger partial charge in [0.1, 0.15) is 0 Å². The summed E-state index contributed by atoms with van der Waals surface area (Å²) in [4.78, 5) is 24.4. The molecule has 3 atom stereocenters. The highest BCUT2D eigenvalue weighted by Crippen LogP contribution is 2.49. The molecule has 5 nitrogen and oxygen atoms in total. The van der Waals surface area contributed by atoms with Crippen LogP contribution in [-0.2, 0) is 24.2 Å². The average Bonchev–Trinajstić information content (AvgIpc) is 3.45. The van der Waals surface area contributed by atoms with Crippen molar-refractivity contribution in [2.75, 3.05) is 13.1 Å². The van der Waals surface area contributed by atoms with Crippen LogP contribution in [0.2, 0.25) is 0 Å². The number of nitrogens with zero attached hydrogens (tertiary/aromatic N) is 3. The summed E-state index contributed by atoms with van der Waals surface area (Å²) in [7, 11) is 0. The van der Waals surface area contributed by atoms with Crippen LogP contribution in [-0.4, -0.2) is 33.9 Å². The summed E-state index contributed by atoms with van der Waals surface area (Å²) < 4.78 is 0. The SMILES string of the molecule is CC1=CC2CCC2c2ncc(-c3cc4c(c([C@@H]5CCCN5)c3)CN(C(=O)Cc3cccnc3)CC4)cc21. The summed E-state index contributed by atoms with van der Waals surface area (Å²) in [6.07, 6.45) is 14.3. The van der Waals surface area contributed by atoms with E-state index in [0.717, 1.165) is 31.5 Å². The molecule has 3 aromatic rings. The first-order valence-corrected chi connectivity index (χ1v) is 13.9. The molecule has 4 heterocycles. The standard InChI is InChI=1S/C32H34N4O/c1-20-12-22-6-7-26(22)32-27(20)16-25(18-35-32)24-14-23-8-11-36(31(37)13-21-4-2-9-33-17-21)19-29(23)28(15-24)30-5-3-10-34-30/h2,4,9,12,14-18,22,26,30,34H,3,5-8,10-11,13,19H2,1H3/t22?,26?,30-/m0/s1. The van der Waals surface area contributed by atoms with Gasteiger partial charge in [0.15, 0.2) is 0 Å². The lowest BCUT2D eigenvalue weighted by molar-refractivity contribution is -0.131. The van der Waals surface area contributed by atoms with Gasteiger partial charge in [-0.2, -0.15) is 0 Å². The maximum atomic E-state index is 13.2. The Hall–Kier alpha value is -3.31. The van der Waals surface area contributed by atoms with Crippen molar-refractivity contribution in [1.29, 1.82) is 0 Å². The third kappa shape index (κ3) is 4.10. The van der Waals surface area contributed by atoms with Gasteiger partial charge in [-0.15, -0.1) is 0 Å². The Bertz CT molecular complexity index is 1390. The van der Waals surface area contributed by atoms with Gasteiger partial charge in [-0.3, -0.25) is 14.8 Å². The van der Waals surface area contributed by atoms with Crippen LogP contribution in [0.15, 0.2) is 55.0 Å². The lowest BCUT2D eigenvalue weighted by Gasteiger charge is -2.39. The molecule has 1 saturated heterocycles. The van der Waals surface area contributed by atoms with Crippen molar-refractivity contribution in [2.45, 2.75) is 64.0 Å². The molecule has 2 fully saturated rings. The number of rotatable bonds is 4. The van der Waals surface area contributed by atoms with Gasteiger partial charge in [0.2, 0.25) is 5.91 Å². The van der Waals surface area contributed by atoms with Gasteiger partial charge in [0, 0.05) is 49.2 Å². The minimum Gasteiger partial charge on any atom is -0.338 e. The van der Waals surface area contributed by atoms with Crippen LogP contribution in [0.5, 0.6) is 0 Å². The van der Waals surface area contributed by atoms with Crippen LogP contribution >= 0.6 is 0 Å². The highest BCUT2D eigenvalue weighted by Gasteiger charge is 2.36. The van der Waals surface area contributed by atoms with E-state index in [1.54, 1.807) is 12.4 Å². The number of allylic oxidation sites excluding steroid dienone is 2. The van der Waals surface area contributed by atoms with Gasteiger partial charge in [-0.1, -0.05) is 18.2 Å². The first kappa shape index (κ1) is 22.9. The fourth-order valence-electron chi connectivity index (χ4n) is 6.85. The smallest absolute Gasteiger partial charge is 0.227 e. The normalized spacial score (nSPS) is 24.0. The Kier molecular flexibility index (Phi) is 5.69. The topological polar surface area (TPSA) is 58.1 Å². The third-order valence-corrected chi connectivity index (χ3v) is 9.06. The molecule has 2 unspecified atom stereocenters. The van der Waals surface area contributed by atoms with Crippen molar-refractivity contribution in [2.24, 2.45) is 5.92 Å². The molecule has 4 aliphatic rings. The first-order chi connectivity index (χ1) is 18.1. The van der Waals surface area contributed by atoms with E-state index >= 15 is 0 Å². The first-order valence-electron chi connectivity index (χ1n) is 13.9. The minimum atomic E-state index is 0.184. The molecule has 5 heteroatoms. The lowest BCUT2D eigenvalue weighted by atomic mass is 9.66. The van der Waals surface area contributed by atoms with Crippen molar-refractivity contribution in [1.82, 2.24) is 20.2 Å². The maximum Gasteiger partial charge on any atom is 0.227 e. The Morgan fingerprint density at radius 3 is 2.86 bits per heavy atom. The molecule has 2 aromatic heterocycles. The largest absolute Gasteiger partial charge is 0.338 e. The molecule has 37 heavy (non-hydrogen) atoms. The van der Waals surface area contributed by atoms with Crippen LogP contribution in [0.4, 0.5) is 0 Å². The molecule has 0 radical (unpaired) electrons. The van der Waals surface area contributed by atoms with E-state index in [0.29, 0.717) is 30.8 Å². The van der Waals surface area contributed by atoms with Crippen LogP contribution in [0.25, 0.3) is 16.7 Å². The van der Waals surface area contributed by atoms with Gasteiger partial charge in [0.05, 0.1) is 12.1 Å². The lowest BCUT2D eigenvalue weighted by Crippen LogP contribution is -2.38. The average molecular weight is 491 g/mol. The molecular weight excluding hydrogens is 456 g/mol. The predicted octanol–water partition coefficient (Wildman–Crippen LogP) is 5.61. The molecule has 0 bridgehead atoms. The summed E-state index contributed by atoms with van der Waals surface area (Å²) in [6.45, 7) is 4.76. The molecule has 188 valence electrons. The number of pyridine rings is 2. The highest BCUT2D eigenvalue weighted by molar-refractivity contribution is 5.80. The molecule has 2 aliphatic carbocycles. The van der Waals surface area contributed by atoms with Crippen LogP contribution in [0.1, 0.15) is 78.1 Å². The molecular formula is C32H34N4O. The van der Waals surface area contributed by atoms with Gasteiger partial charge >= 0.3 is 0 Å². The summed E-state index contributed by atoms with van der Waals surface area (Å²) in [6, 6.07) is 11.4. The number of hydrogen-bond acceptors (Lipinski definition) is 4. The fourth-order valence-corrected chi connectivity index (χ4v) is 6.85. The second-order valence-corrected chi connectivity index (χ2v) is 11.3. The van der Waals surface area contributed by atoms with Crippen LogP contribution in [0, 0.1) is 5.92 Å². The zero-order valence-electron chi connectivity index (χ0n) is 21.5. The zero-order valence-corrected chi connectivity index (χ0v) is 21.5. The summed E-state index contributed by atoms with van der Waals surface area (Å²) >= 11 is 0. The van der Waals surface area contributed by atoms with Crippen molar-refractivity contribution in [3.63, 3.8) is 0 Å². The van der Waals surface area contributed by atoms with Crippen molar-refractivity contribution in [3.05, 3.63) is 88.5 Å². The van der Waals surface area contributed by atoms with E-state index in [2.05, 4.69) is 47.7 Å². The van der Waals surface area contributed by atoms with Crippen molar-refractivity contribution in [3.8, 4) is 11.1 Å². The third-order valence-electron chi connectivity index (χ3n) is 9.06. The molecule has 1 N–H and O–H groups in total. The number of carbonyl (C=O) groups is 1.